The van der Waals surface area contributed by atoms with Gasteiger partial charge in [0.25, 0.3) is 0 Å². The van der Waals surface area contributed by atoms with Crippen molar-refractivity contribution in [2.75, 3.05) is 0 Å². The molecule has 3 rings (SSSR count). The Morgan fingerprint density at radius 1 is 1.00 bits per heavy atom. The molecular formula is C13H10N2O2S2. The molecule has 4 nitrogen and oxygen atoms in total. The van der Waals surface area contributed by atoms with Gasteiger partial charge in [0.05, 0.1) is 20.6 Å². The lowest BCUT2D eigenvalue weighted by Gasteiger charge is -2.03. The Balaban J connectivity index is 2.06. The Bertz CT molecular complexity index is 836. The highest BCUT2D eigenvalue weighted by Gasteiger charge is 2.08. The molecule has 2 aromatic carbocycles. The largest absolute Gasteiger partial charge is 0.245 e. The lowest BCUT2D eigenvalue weighted by Crippen LogP contribution is -2.11. The Kier molecular flexibility index (Phi) is 2.85. The molecule has 96 valence electrons. The third-order valence-electron chi connectivity index (χ3n) is 2.85. The van der Waals surface area contributed by atoms with E-state index in [9.17, 15) is 8.42 Å². The van der Waals surface area contributed by atoms with Crippen LogP contribution in [0.3, 0.4) is 0 Å². The van der Waals surface area contributed by atoms with Crippen LogP contribution in [0.4, 0.5) is 0 Å². The molecule has 0 spiro atoms. The summed E-state index contributed by atoms with van der Waals surface area (Å²) in [6, 6.07) is 12.5. The van der Waals surface area contributed by atoms with Gasteiger partial charge < -0.3 is 0 Å². The average molecular weight is 290 g/mol. The fourth-order valence-electron chi connectivity index (χ4n) is 1.87. The van der Waals surface area contributed by atoms with Gasteiger partial charge in [0.15, 0.2) is 0 Å². The first-order valence-electron chi connectivity index (χ1n) is 5.50. The number of benzene rings is 2. The van der Waals surface area contributed by atoms with Gasteiger partial charge >= 0.3 is 0 Å². The standard InChI is InChI=1S/C13H10N2O2S2/c14-19(16,17)11-4-1-9(2-5-11)10-3-6-13-12(7-10)15-8-18-13/h1-8H,(H2,14,16,17). The van der Waals surface area contributed by atoms with E-state index >= 15 is 0 Å². The molecule has 0 radical (unpaired) electrons. The van der Waals surface area contributed by atoms with Gasteiger partial charge in [0, 0.05) is 0 Å². The van der Waals surface area contributed by atoms with Gasteiger partial charge in [-0.1, -0.05) is 18.2 Å². The molecule has 3 aromatic rings. The second-order valence-corrected chi connectivity index (χ2v) is 6.55. The van der Waals surface area contributed by atoms with Crippen LogP contribution in [0.2, 0.25) is 0 Å². The fourth-order valence-corrected chi connectivity index (χ4v) is 3.05. The van der Waals surface area contributed by atoms with Crippen molar-refractivity contribution in [1.82, 2.24) is 4.98 Å². The van der Waals surface area contributed by atoms with Crippen LogP contribution >= 0.6 is 11.3 Å². The topological polar surface area (TPSA) is 73.1 Å². The molecule has 0 saturated heterocycles. The summed E-state index contributed by atoms with van der Waals surface area (Å²) >= 11 is 1.59. The van der Waals surface area contributed by atoms with E-state index in [0.717, 1.165) is 21.3 Å². The molecule has 0 bridgehead atoms. The molecule has 0 saturated carbocycles. The van der Waals surface area contributed by atoms with Crippen molar-refractivity contribution >= 4 is 31.6 Å². The van der Waals surface area contributed by atoms with Crippen molar-refractivity contribution in [3.63, 3.8) is 0 Å². The van der Waals surface area contributed by atoms with E-state index in [4.69, 9.17) is 5.14 Å². The van der Waals surface area contributed by atoms with Crippen LogP contribution in [0.15, 0.2) is 52.9 Å². The molecular weight excluding hydrogens is 280 g/mol. The Hall–Kier alpha value is -1.76. The molecule has 0 aliphatic heterocycles. The normalized spacial score (nSPS) is 11.8. The van der Waals surface area contributed by atoms with Gasteiger partial charge in [-0.05, 0) is 35.4 Å². The summed E-state index contributed by atoms with van der Waals surface area (Å²) in [6.45, 7) is 0. The van der Waals surface area contributed by atoms with Crippen molar-refractivity contribution < 1.29 is 8.42 Å². The van der Waals surface area contributed by atoms with Gasteiger partial charge in [-0.15, -0.1) is 11.3 Å². The summed E-state index contributed by atoms with van der Waals surface area (Å²) in [7, 11) is -3.64. The lowest BCUT2D eigenvalue weighted by molar-refractivity contribution is 0.598. The van der Waals surface area contributed by atoms with Crippen LogP contribution in [0.1, 0.15) is 0 Å². The first-order chi connectivity index (χ1) is 9.04. The number of sulfonamides is 1. The fraction of sp³-hybridized carbons (Fsp3) is 0. The maximum Gasteiger partial charge on any atom is 0.238 e. The predicted molar refractivity (Wildman–Crippen MR) is 76.4 cm³/mol. The minimum atomic E-state index is -3.64. The number of hydrogen-bond acceptors (Lipinski definition) is 4. The number of hydrogen-bond donors (Lipinski definition) is 1. The average Bonchev–Trinajstić information content (AvgIpc) is 2.85. The molecule has 6 heteroatoms. The van der Waals surface area contributed by atoms with E-state index in [-0.39, 0.29) is 4.90 Å². The van der Waals surface area contributed by atoms with Gasteiger partial charge in [-0.25, -0.2) is 18.5 Å². The lowest BCUT2D eigenvalue weighted by atomic mass is 10.1. The molecule has 0 aliphatic rings. The number of thiazole rings is 1. The van der Waals surface area contributed by atoms with E-state index in [0.29, 0.717) is 0 Å². The van der Waals surface area contributed by atoms with Gasteiger partial charge in [-0.2, -0.15) is 0 Å². The van der Waals surface area contributed by atoms with Crippen molar-refractivity contribution in [1.29, 1.82) is 0 Å². The summed E-state index contributed by atoms with van der Waals surface area (Å²) < 4.78 is 23.5. The second-order valence-electron chi connectivity index (χ2n) is 4.10. The maximum absolute atomic E-state index is 11.2. The predicted octanol–water partition coefficient (Wildman–Crippen LogP) is 2.61. The molecule has 0 atom stereocenters. The van der Waals surface area contributed by atoms with Crippen LogP contribution in [-0.2, 0) is 10.0 Å². The van der Waals surface area contributed by atoms with Crippen molar-refractivity contribution in [2.24, 2.45) is 5.14 Å². The van der Waals surface area contributed by atoms with Crippen LogP contribution in [0.5, 0.6) is 0 Å². The van der Waals surface area contributed by atoms with Crippen LogP contribution in [0, 0.1) is 0 Å². The number of nitrogens with two attached hydrogens (primary N) is 1. The molecule has 0 fully saturated rings. The van der Waals surface area contributed by atoms with E-state index in [1.807, 2.05) is 18.2 Å². The van der Waals surface area contributed by atoms with Crippen LogP contribution in [-0.4, -0.2) is 13.4 Å². The number of fused-ring (bicyclic) bond motifs is 1. The Morgan fingerprint density at radius 2 is 1.68 bits per heavy atom. The number of primary sulfonamides is 1. The smallest absolute Gasteiger partial charge is 0.238 e. The van der Waals surface area contributed by atoms with E-state index in [2.05, 4.69) is 4.98 Å². The molecule has 19 heavy (non-hydrogen) atoms. The quantitative estimate of drug-likeness (QED) is 0.788. The highest BCUT2D eigenvalue weighted by atomic mass is 32.2. The SMILES string of the molecule is NS(=O)(=O)c1ccc(-c2ccc3scnc3c2)cc1. The zero-order chi connectivity index (χ0) is 13.5. The molecule has 1 heterocycles. The van der Waals surface area contributed by atoms with Crippen molar-refractivity contribution in [2.45, 2.75) is 4.90 Å². The zero-order valence-electron chi connectivity index (χ0n) is 9.78. The van der Waals surface area contributed by atoms with Crippen molar-refractivity contribution in [3.05, 3.63) is 48.0 Å². The van der Waals surface area contributed by atoms with Gasteiger partial charge in [-0.3, -0.25) is 0 Å². The summed E-state index contributed by atoms with van der Waals surface area (Å²) in [5, 5.41) is 5.07. The summed E-state index contributed by atoms with van der Waals surface area (Å²) in [4.78, 5) is 4.38. The summed E-state index contributed by atoms with van der Waals surface area (Å²) in [5.41, 5.74) is 4.68. The minimum Gasteiger partial charge on any atom is -0.245 e. The third-order valence-corrected chi connectivity index (χ3v) is 4.59. The second kappa shape index (κ2) is 4.41. The van der Waals surface area contributed by atoms with E-state index < -0.39 is 10.0 Å². The molecule has 0 amide bonds. The molecule has 0 aliphatic carbocycles. The number of rotatable bonds is 2. The van der Waals surface area contributed by atoms with Crippen LogP contribution < -0.4 is 5.14 Å². The molecule has 2 N–H and O–H groups in total. The zero-order valence-corrected chi connectivity index (χ0v) is 11.4. The monoisotopic (exact) mass is 290 g/mol. The molecule has 1 aromatic heterocycles. The van der Waals surface area contributed by atoms with Gasteiger partial charge in [0.2, 0.25) is 10.0 Å². The number of aromatic nitrogens is 1. The first kappa shape index (κ1) is 12.3. The van der Waals surface area contributed by atoms with Gasteiger partial charge in [0.1, 0.15) is 0 Å². The highest BCUT2D eigenvalue weighted by molar-refractivity contribution is 7.89. The third kappa shape index (κ3) is 2.37. The number of nitrogens with zero attached hydrogens (tertiary/aromatic N) is 1. The summed E-state index contributed by atoms with van der Waals surface area (Å²) in [5.74, 6) is 0. The Morgan fingerprint density at radius 3 is 2.37 bits per heavy atom. The minimum absolute atomic E-state index is 0.117. The Labute approximate surface area is 114 Å². The van der Waals surface area contributed by atoms with Crippen molar-refractivity contribution in [3.8, 4) is 11.1 Å². The van der Waals surface area contributed by atoms with Crippen LogP contribution in [0.25, 0.3) is 21.3 Å². The first-order valence-corrected chi connectivity index (χ1v) is 7.93. The summed E-state index contributed by atoms with van der Waals surface area (Å²) in [6.07, 6.45) is 0. The molecule has 0 unspecified atom stereocenters. The van der Waals surface area contributed by atoms with E-state index in [1.54, 1.807) is 29.0 Å². The maximum atomic E-state index is 11.2. The van der Waals surface area contributed by atoms with E-state index in [1.165, 1.54) is 12.1 Å². The highest BCUT2D eigenvalue weighted by Crippen LogP contribution is 2.26.